The zero-order valence-corrected chi connectivity index (χ0v) is 17.6. The summed E-state index contributed by atoms with van der Waals surface area (Å²) < 4.78 is 5.42. The summed E-state index contributed by atoms with van der Waals surface area (Å²) in [6.45, 7) is 8.19. The molecule has 28 heavy (non-hydrogen) atoms. The summed E-state index contributed by atoms with van der Waals surface area (Å²) in [5, 5.41) is 6.59. The molecular weight excluding hydrogens is 376 g/mol. The van der Waals surface area contributed by atoms with Gasteiger partial charge >= 0.3 is 6.03 Å². The van der Waals surface area contributed by atoms with Crippen molar-refractivity contribution in [3.05, 3.63) is 35.9 Å². The van der Waals surface area contributed by atoms with Crippen LogP contribution in [0.4, 0.5) is 4.79 Å². The molecule has 2 amide bonds. The third kappa shape index (κ3) is 7.59. The third-order valence-corrected chi connectivity index (χ3v) is 5.48. The molecule has 2 N–H and O–H groups in total. The third-order valence-electron chi connectivity index (χ3n) is 5.48. The molecule has 2 aliphatic heterocycles. The van der Waals surface area contributed by atoms with E-state index in [-0.39, 0.29) is 18.4 Å². The predicted molar refractivity (Wildman–Crippen MR) is 115 cm³/mol. The van der Waals surface area contributed by atoms with Gasteiger partial charge in [0.2, 0.25) is 0 Å². The zero-order chi connectivity index (χ0) is 18.7. The van der Waals surface area contributed by atoms with Crippen molar-refractivity contribution in [3.63, 3.8) is 0 Å². The summed E-state index contributed by atoms with van der Waals surface area (Å²) in [4.78, 5) is 17.4. The fraction of sp³-hybridized carbons (Fsp3) is 0.667. The number of morpholine rings is 1. The average molecular weight is 411 g/mol. The number of halogens is 1. The lowest BCUT2D eigenvalue weighted by Crippen LogP contribution is -2.53. The minimum Gasteiger partial charge on any atom is -0.379 e. The molecule has 0 aromatic heterocycles. The summed E-state index contributed by atoms with van der Waals surface area (Å²) in [6.07, 6.45) is 4.12. The first-order valence-corrected chi connectivity index (χ1v) is 10.4. The van der Waals surface area contributed by atoms with E-state index in [4.69, 9.17) is 4.74 Å². The first-order valence-electron chi connectivity index (χ1n) is 10.4. The minimum atomic E-state index is 0. The average Bonchev–Trinajstić information content (AvgIpc) is 2.73. The molecule has 1 unspecified atom stereocenters. The van der Waals surface area contributed by atoms with Gasteiger partial charge in [-0.15, -0.1) is 12.4 Å². The van der Waals surface area contributed by atoms with E-state index in [0.29, 0.717) is 12.6 Å². The summed E-state index contributed by atoms with van der Waals surface area (Å²) in [6, 6.07) is 10.7. The molecule has 0 bridgehead atoms. The fourth-order valence-electron chi connectivity index (χ4n) is 3.90. The lowest BCUT2D eigenvalue weighted by Gasteiger charge is -2.35. The second-order valence-corrected chi connectivity index (χ2v) is 7.47. The van der Waals surface area contributed by atoms with Crippen LogP contribution in [0.15, 0.2) is 30.3 Å². The van der Waals surface area contributed by atoms with Crippen molar-refractivity contribution in [3.8, 4) is 0 Å². The van der Waals surface area contributed by atoms with E-state index in [1.165, 1.54) is 5.56 Å². The molecule has 6 nitrogen and oxygen atoms in total. The van der Waals surface area contributed by atoms with E-state index >= 15 is 0 Å². The van der Waals surface area contributed by atoms with Crippen LogP contribution in [-0.4, -0.2) is 80.9 Å². The van der Waals surface area contributed by atoms with Crippen molar-refractivity contribution >= 4 is 18.4 Å². The second-order valence-electron chi connectivity index (χ2n) is 7.47. The Kier molecular flexibility index (Phi) is 10.6. The van der Waals surface area contributed by atoms with Crippen LogP contribution < -0.4 is 10.6 Å². The Hall–Kier alpha value is -1.34. The molecule has 2 heterocycles. The number of piperidine rings is 1. The van der Waals surface area contributed by atoms with Crippen molar-refractivity contribution in [1.29, 1.82) is 0 Å². The normalized spacial score (nSPS) is 20.2. The molecule has 2 fully saturated rings. The van der Waals surface area contributed by atoms with Gasteiger partial charge in [0, 0.05) is 45.3 Å². The van der Waals surface area contributed by atoms with Gasteiger partial charge < -0.3 is 20.3 Å². The molecule has 158 valence electrons. The highest BCUT2D eigenvalue weighted by molar-refractivity contribution is 5.85. The standard InChI is InChI=1S/C21H34N4O2.ClH/c26-21(23-11-9-19-6-2-1-3-7-19)25(20-8-4-10-22-18-20)13-5-12-24-14-16-27-17-15-24;/h1-3,6-7,20,22H,4-5,8-18H2,(H,23,26);1H. The minimum absolute atomic E-state index is 0. The largest absolute Gasteiger partial charge is 0.379 e. The molecule has 2 saturated heterocycles. The molecule has 0 aliphatic carbocycles. The molecule has 1 aromatic carbocycles. The summed E-state index contributed by atoms with van der Waals surface area (Å²) in [5.41, 5.74) is 1.26. The summed E-state index contributed by atoms with van der Waals surface area (Å²) in [5.74, 6) is 0. The first-order chi connectivity index (χ1) is 13.3. The number of hydrogen-bond donors (Lipinski definition) is 2. The van der Waals surface area contributed by atoms with Gasteiger partial charge in [-0.05, 0) is 37.8 Å². The number of hydrogen-bond acceptors (Lipinski definition) is 4. The number of ether oxygens (including phenoxy) is 1. The van der Waals surface area contributed by atoms with Gasteiger partial charge in [0.15, 0.2) is 0 Å². The molecule has 2 aliphatic rings. The van der Waals surface area contributed by atoms with Gasteiger partial charge in [-0.2, -0.15) is 0 Å². The number of benzene rings is 1. The highest BCUT2D eigenvalue weighted by Gasteiger charge is 2.25. The highest BCUT2D eigenvalue weighted by atomic mass is 35.5. The topological polar surface area (TPSA) is 56.8 Å². The molecular formula is C21H35ClN4O2. The van der Waals surface area contributed by atoms with Gasteiger partial charge in [-0.3, -0.25) is 4.90 Å². The number of urea groups is 1. The van der Waals surface area contributed by atoms with Gasteiger partial charge in [-0.25, -0.2) is 4.79 Å². The molecule has 0 radical (unpaired) electrons. The Balaban J connectivity index is 0.00000280. The Morgan fingerprint density at radius 2 is 2.04 bits per heavy atom. The van der Waals surface area contributed by atoms with Crippen LogP contribution in [0, 0.1) is 0 Å². The van der Waals surface area contributed by atoms with Gasteiger partial charge in [0.1, 0.15) is 0 Å². The van der Waals surface area contributed by atoms with E-state index in [0.717, 1.165) is 78.2 Å². The predicted octanol–water partition coefficient (Wildman–Crippen LogP) is 2.14. The summed E-state index contributed by atoms with van der Waals surface area (Å²) in [7, 11) is 0. The molecule has 7 heteroatoms. The maximum absolute atomic E-state index is 12.9. The van der Waals surface area contributed by atoms with Crippen LogP contribution in [0.3, 0.4) is 0 Å². The van der Waals surface area contributed by atoms with Gasteiger partial charge in [-0.1, -0.05) is 30.3 Å². The van der Waals surface area contributed by atoms with Crippen molar-refractivity contribution in [2.45, 2.75) is 31.7 Å². The van der Waals surface area contributed by atoms with Crippen LogP contribution in [0.25, 0.3) is 0 Å². The molecule has 3 rings (SSSR count). The Labute approximate surface area is 175 Å². The Bertz CT molecular complexity index is 549. The Morgan fingerprint density at radius 3 is 2.75 bits per heavy atom. The van der Waals surface area contributed by atoms with Crippen molar-refractivity contribution < 1.29 is 9.53 Å². The smallest absolute Gasteiger partial charge is 0.317 e. The quantitative estimate of drug-likeness (QED) is 0.689. The van der Waals surface area contributed by atoms with Crippen LogP contribution in [0.5, 0.6) is 0 Å². The lowest BCUT2D eigenvalue weighted by molar-refractivity contribution is 0.0359. The number of carbonyl (C=O) groups is 1. The van der Waals surface area contributed by atoms with E-state index < -0.39 is 0 Å². The van der Waals surface area contributed by atoms with Crippen LogP contribution in [-0.2, 0) is 11.2 Å². The van der Waals surface area contributed by atoms with E-state index in [1.54, 1.807) is 0 Å². The van der Waals surface area contributed by atoms with Gasteiger partial charge in [0.05, 0.1) is 13.2 Å². The number of nitrogens with one attached hydrogen (secondary N) is 2. The van der Waals surface area contributed by atoms with Gasteiger partial charge in [0.25, 0.3) is 0 Å². The fourth-order valence-corrected chi connectivity index (χ4v) is 3.90. The van der Waals surface area contributed by atoms with Crippen molar-refractivity contribution in [2.24, 2.45) is 0 Å². The van der Waals surface area contributed by atoms with Crippen molar-refractivity contribution in [2.75, 3.05) is 59.0 Å². The highest BCUT2D eigenvalue weighted by Crippen LogP contribution is 2.12. The Morgan fingerprint density at radius 1 is 1.25 bits per heavy atom. The van der Waals surface area contributed by atoms with E-state index in [2.05, 4.69) is 32.6 Å². The molecule has 1 atom stereocenters. The number of amides is 2. The number of rotatable bonds is 8. The second kappa shape index (κ2) is 13.0. The lowest BCUT2D eigenvalue weighted by atomic mass is 10.1. The van der Waals surface area contributed by atoms with E-state index in [9.17, 15) is 4.79 Å². The monoisotopic (exact) mass is 410 g/mol. The maximum atomic E-state index is 12.9. The number of carbonyl (C=O) groups excluding carboxylic acids is 1. The van der Waals surface area contributed by atoms with Crippen LogP contribution in [0.2, 0.25) is 0 Å². The molecule has 1 aromatic rings. The van der Waals surface area contributed by atoms with Crippen LogP contribution in [0.1, 0.15) is 24.8 Å². The van der Waals surface area contributed by atoms with Crippen molar-refractivity contribution in [1.82, 2.24) is 20.4 Å². The van der Waals surface area contributed by atoms with E-state index in [1.807, 2.05) is 18.2 Å². The number of nitrogens with zero attached hydrogens (tertiary/aromatic N) is 2. The summed E-state index contributed by atoms with van der Waals surface area (Å²) >= 11 is 0. The zero-order valence-electron chi connectivity index (χ0n) is 16.8. The first kappa shape index (κ1) is 22.9. The molecule has 0 spiro atoms. The SMILES string of the molecule is Cl.O=C(NCCc1ccccc1)N(CCCN1CCOCC1)C1CCCNC1. The van der Waals surface area contributed by atoms with Crippen LogP contribution >= 0.6 is 12.4 Å². The maximum Gasteiger partial charge on any atom is 0.317 e. The molecule has 0 saturated carbocycles.